The van der Waals surface area contributed by atoms with E-state index in [0.29, 0.717) is 53.8 Å². The fraction of sp³-hybridized carbons (Fsp3) is 0.476. The maximum atomic E-state index is 13.1. The van der Waals surface area contributed by atoms with Crippen LogP contribution in [-0.2, 0) is 21.2 Å². The van der Waals surface area contributed by atoms with Gasteiger partial charge in [-0.15, -0.1) is 0 Å². The second-order valence-electron chi connectivity index (χ2n) is 8.19. The number of anilines is 1. The number of sulfonamides is 1. The summed E-state index contributed by atoms with van der Waals surface area (Å²) in [5.41, 5.74) is 0.980. The Morgan fingerprint density at radius 1 is 1.26 bits per heavy atom. The molecule has 1 aliphatic heterocycles. The largest absolute Gasteiger partial charge is 0.484 e. The second kappa shape index (κ2) is 10.1. The third-order valence-electron chi connectivity index (χ3n) is 5.28. The molecule has 2 heterocycles. The molecule has 1 aliphatic carbocycles. The topological polar surface area (TPSA) is 119 Å². The number of nitrogens with zero attached hydrogens (tertiary/aromatic N) is 2. The summed E-state index contributed by atoms with van der Waals surface area (Å²) in [5, 5.41) is 3.33. The zero-order valence-corrected chi connectivity index (χ0v) is 20.1. The van der Waals surface area contributed by atoms with Gasteiger partial charge in [0.25, 0.3) is 5.56 Å². The molecule has 4 rings (SSSR count). The van der Waals surface area contributed by atoms with Crippen LogP contribution in [0.15, 0.2) is 34.2 Å². The van der Waals surface area contributed by atoms with Crippen LogP contribution in [0.25, 0.3) is 5.69 Å². The monoisotopic (exact) mass is 532 g/mol. The van der Waals surface area contributed by atoms with Crippen LogP contribution < -0.4 is 20.3 Å². The average Bonchev–Trinajstić information content (AvgIpc) is 3.53. The first-order valence-electron chi connectivity index (χ1n) is 10.9. The Morgan fingerprint density at radius 2 is 1.97 bits per heavy atom. The van der Waals surface area contributed by atoms with Crippen molar-refractivity contribution in [3.63, 3.8) is 0 Å². The molecule has 14 heteroatoms. The molecule has 0 bridgehead atoms. The third kappa shape index (κ3) is 6.69. The first-order valence-corrected chi connectivity index (χ1v) is 13.5. The summed E-state index contributed by atoms with van der Waals surface area (Å²) in [5.74, 6) is -0.631. The normalized spacial score (nSPS) is 15.4. The van der Waals surface area contributed by atoms with Crippen LogP contribution in [0.2, 0.25) is 0 Å². The van der Waals surface area contributed by atoms with Crippen molar-refractivity contribution in [1.82, 2.24) is 14.3 Å². The molecule has 1 saturated carbocycles. The first-order chi connectivity index (χ1) is 16.5. The molecule has 1 aromatic carbocycles. The lowest BCUT2D eigenvalue weighted by Gasteiger charge is -2.15. The van der Waals surface area contributed by atoms with Crippen molar-refractivity contribution in [3.05, 3.63) is 40.3 Å². The van der Waals surface area contributed by atoms with Gasteiger partial charge in [0.2, 0.25) is 15.9 Å². The van der Waals surface area contributed by atoms with Crippen molar-refractivity contribution < 1.29 is 31.1 Å². The lowest BCUT2D eigenvalue weighted by Crippen LogP contribution is -2.33. The molecule has 0 radical (unpaired) electrons. The number of hydrogen-bond acceptors (Lipinski definition) is 8. The molecule has 2 N–H and O–H groups in total. The molecule has 0 unspecified atom stereocenters. The van der Waals surface area contributed by atoms with E-state index in [0.717, 1.165) is 0 Å². The number of hydrogen-bond donors (Lipinski definition) is 2. The number of ether oxygens (including phenoxy) is 1. The van der Waals surface area contributed by atoms with Crippen molar-refractivity contribution in [3.8, 4) is 11.4 Å². The molecule has 0 spiro atoms. The molecular weight excluding hydrogens is 509 g/mol. The molecule has 0 saturated heterocycles. The number of benzene rings is 1. The molecule has 35 heavy (non-hydrogen) atoms. The van der Waals surface area contributed by atoms with E-state index in [2.05, 4.69) is 15.0 Å². The fourth-order valence-corrected chi connectivity index (χ4v) is 5.68. The van der Waals surface area contributed by atoms with Crippen molar-refractivity contribution in [2.24, 2.45) is 5.92 Å². The summed E-state index contributed by atoms with van der Waals surface area (Å²) in [7, 11) is -3.75. The van der Waals surface area contributed by atoms with Gasteiger partial charge in [0.1, 0.15) is 11.4 Å². The molecule has 9 nitrogen and oxygen atoms in total. The van der Waals surface area contributed by atoms with E-state index in [1.54, 1.807) is 0 Å². The first kappa shape index (κ1) is 25.4. The van der Waals surface area contributed by atoms with Gasteiger partial charge in [-0.1, -0.05) is 11.8 Å². The van der Waals surface area contributed by atoms with Crippen molar-refractivity contribution in [2.45, 2.75) is 37.0 Å². The minimum atomic E-state index is -4.47. The minimum Gasteiger partial charge on any atom is -0.484 e. The zero-order chi connectivity index (χ0) is 25.2. The smallest absolute Gasteiger partial charge is 0.422 e. The standard InChI is InChI=1S/C21H23F3N4O5S2/c22-21(23,24)12-33-15-6-4-14(5-7-15)28-19(30)17-16(8-9-25-17)26-20(28)34-10-1-11-35(31,32)27-18(29)13-2-3-13/h4-7,13,25H,1-3,8-12H2,(H,27,29). The van der Waals surface area contributed by atoms with Crippen LogP contribution >= 0.6 is 11.8 Å². The van der Waals surface area contributed by atoms with Crippen molar-refractivity contribution in [1.29, 1.82) is 0 Å². The second-order valence-corrected chi connectivity index (χ2v) is 11.1. The molecule has 1 aromatic heterocycles. The van der Waals surface area contributed by atoms with Gasteiger partial charge in [-0.2, -0.15) is 13.2 Å². The molecule has 0 atom stereocenters. The molecule has 190 valence electrons. The van der Waals surface area contributed by atoms with Gasteiger partial charge in [-0.25, -0.2) is 13.4 Å². The number of nitrogens with one attached hydrogen (secondary N) is 2. The number of alkyl halides is 3. The summed E-state index contributed by atoms with van der Waals surface area (Å²) in [4.78, 5) is 29.4. The predicted molar refractivity (Wildman–Crippen MR) is 124 cm³/mol. The van der Waals surface area contributed by atoms with Gasteiger partial charge in [0.15, 0.2) is 11.8 Å². The fourth-order valence-electron chi connectivity index (χ4n) is 3.43. The van der Waals surface area contributed by atoms with Crippen LogP contribution in [0.3, 0.4) is 0 Å². The van der Waals surface area contributed by atoms with Gasteiger partial charge < -0.3 is 10.1 Å². The Kier molecular flexibility index (Phi) is 7.31. The lowest BCUT2D eigenvalue weighted by atomic mass is 10.3. The van der Waals surface area contributed by atoms with Crippen LogP contribution in [0, 0.1) is 5.92 Å². The van der Waals surface area contributed by atoms with E-state index in [-0.39, 0.29) is 29.4 Å². The van der Waals surface area contributed by atoms with Crippen molar-refractivity contribution >= 4 is 33.4 Å². The van der Waals surface area contributed by atoms with Gasteiger partial charge in [0.05, 0.1) is 17.1 Å². The Labute approximate surface area is 203 Å². The summed E-state index contributed by atoms with van der Waals surface area (Å²) in [6, 6.07) is 5.57. The van der Waals surface area contributed by atoms with E-state index in [4.69, 9.17) is 4.74 Å². The van der Waals surface area contributed by atoms with Crippen LogP contribution in [0.4, 0.5) is 18.9 Å². The van der Waals surface area contributed by atoms with Gasteiger partial charge in [0, 0.05) is 24.6 Å². The number of thioether (sulfide) groups is 1. The zero-order valence-electron chi connectivity index (χ0n) is 18.4. The highest BCUT2D eigenvalue weighted by Gasteiger charge is 2.32. The van der Waals surface area contributed by atoms with Gasteiger partial charge >= 0.3 is 6.18 Å². The van der Waals surface area contributed by atoms with Crippen molar-refractivity contribution in [2.75, 3.05) is 30.0 Å². The number of rotatable bonds is 10. The van der Waals surface area contributed by atoms with Gasteiger partial charge in [-0.3, -0.25) is 18.9 Å². The summed E-state index contributed by atoms with van der Waals surface area (Å²) in [6.45, 7) is -0.878. The number of carbonyl (C=O) groups is 1. The molecule has 1 fully saturated rings. The number of carbonyl (C=O) groups excluding carboxylic acids is 1. The highest BCUT2D eigenvalue weighted by Crippen LogP contribution is 2.29. The minimum absolute atomic E-state index is 0.000905. The Bertz CT molecular complexity index is 1260. The Morgan fingerprint density at radius 3 is 2.63 bits per heavy atom. The Balaban J connectivity index is 1.47. The highest BCUT2D eigenvalue weighted by molar-refractivity contribution is 7.99. The number of aromatic nitrogens is 2. The number of amides is 1. The molecule has 2 aromatic rings. The maximum Gasteiger partial charge on any atom is 0.422 e. The van der Waals surface area contributed by atoms with E-state index < -0.39 is 28.7 Å². The van der Waals surface area contributed by atoms with E-state index in [1.807, 2.05) is 0 Å². The average molecular weight is 533 g/mol. The highest BCUT2D eigenvalue weighted by atomic mass is 32.2. The van der Waals surface area contributed by atoms with E-state index >= 15 is 0 Å². The van der Waals surface area contributed by atoms with Crippen LogP contribution in [-0.4, -0.2) is 54.7 Å². The maximum absolute atomic E-state index is 13.1. The molecule has 2 aliphatic rings. The van der Waals surface area contributed by atoms with Crippen LogP contribution in [0.5, 0.6) is 5.75 Å². The van der Waals surface area contributed by atoms with Crippen LogP contribution in [0.1, 0.15) is 25.0 Å². The summed E-state index contributed by atoms with van der Waals surface area (Å²) >= 11 is 1.19. The number of halogens is 3. The molecular formula is C21H23F3N4O5S2. The van der Waals surface area contributed by atoms with E-state index in [1.165, 1.54) is 40.6 Å². The molecule has 1 amide bonds. The van der Waals surface area contributed by atoms with E-state index in [9.17, 15) is 31.2 Å². The SMILES string of the molecule is O=C(NS(=O)(=O)CCCSc1nc2c(c(=O)n1-c1ccc(OCC(F)(F)F)cc1)NCC2)C1CC1. The lowest BCUT2D eigenvalue weighted by molar-refractivity contribution is -0.153. The third-order valence-corrected chi connectivity index (χ3v) is 7.64. The quantitative estimate of drug-likeness (QED) is 0.272. The predicted octanol–water partition coefficient (Wildman–Crippen LogP) is 2.48. The summed E-state index contributed by atoms with van der Waals surface area (Å²) in [6.07, 6.45) is -2.30. The number of fused-ring (bicyclic) bond motifs is 1. The summed E-state index contributed by atoms with van der Waals surface area (Å²) < 4.78 is 69.6. The Hall–Kier alpha value is -2.74. The van der Waals surface area contributed by atoms with Gasteiger partial charge in [-0.05, 0) is 43.5 Å².